The topological polar surface area (TPSA) is 43.1 Å². The van der Waals surface area contributed by atoms with Crippen LogP contribution < -0.4 is 0 Å². The number of para-hydroxylation sites is 2. The zero-order valence-electron chi connectivity index (χ0n) is 16.3. The lowest BCUT2D eigenvalue weighted by atomic mass is 10.1. The molecule has 0 aliphatic carbocycles. The molecule has 1 atom stereocenters. The van der Waals surface area contributed by atoms with Gasteiger partial charge in [-0.05, 0) is 44.5 Å². The Morgan fingerprint density at radius 3 is 2.64 bits per heavy atom. The Morgan fingerprint density at radius 1 is 1.04 bits per heavy atom. The molecule has 0 fully saturated rings. The third kappa shape index (κ3) is 2.61. The number of nitrogens with zero attached hydrogens (tertiary/aromatic N) is 4. The van der Waals surface area contributed by atoms with E-state index in [4.69, 9.17) is 15.0 Å². The maximum Gasteiger partial charge on any atom is 0.145 e. The lowest BCUT2D eigenvalue weighted by molar-refractivity contribution is 0.657. The van der Waals surface area contributed by atoms with Crippen LogP contribution in [0.15, 0.2) is 53.5 Å². The van der Waals surface area contributed by atoms with Crippen molar-refractivity contribution in [2.45, 2.75) is 39.7 Å². The molecule has 1 aliphatic heterocycles. The van der Waals surface area contributed by atoms with E-state index in [0.717, 1.165) is 51.8 Å². The number of fused-ring (bicyclic) bond motifs is 4. The van der Waals surface area contributed by atoms with Gasteiger partial charge in [-0.3, -0.25) is 4.99 Å². The summed E-state index contributed by atoms with van der Waals surface area (Å²) >= 11 is 1.73. The predicted molar refractivity (Wildman–Crippen MR) is 118 cm³/mol. The Hall–Kier alpha value is -2.79. The summed E-state index contributed by atoms with van der Waals surface area (Å²) in [7, 11) is 0. The molecule has 0 saturated heterocycles. The molecule has 2 aromatic carbocycles. The van der Waals surface area contributed by atoms with Gasteiger partial charge in [0.25, 0.3) is 0 Å². The SMILES string of the molecule is CCCc1c(-c2nc3ccccc3s2)nc2n1C(C)C(C)=Nc1ccccc1-2. The maximum atomic E-state index is 5.16. The summed E-state index contributed by atoms with van der Waals surface area (Å²) in [4.78, 5) is 15.0. The van der Waals surface area contributed by atoms with E-state index in [0.29, 0.717) is 0 Å². The lowest BCUT2D eigenvalue weighted by Gasteiger charge is -2.17. The zero-order valence-corrected chi connectivity index (χ0v) is 17.1. The molecule has 0 saturated carbocycles. The van der Waals surface area contributed by atoms with Gasteiger partial charge in [-0.15, -0.1) is 11.3 Å². The third-order valence-corrected chi connectivity index (χ3v) is 6.47. The number of imidazole rings is 1. The van der Waals surface area contributed by atoms with Gasteiger partial charge in [0, 0.05) is 17.0 Å². The average Bonchev–Trinajstić information content (AvgIpc) is 3.27. The van der Waals surface area contributed by atoms with Crippen LogP contribution in [0.4, 0.5) is 5.69 Å². The molecule has 0 radical (unpaired) electrons. The van der Waals surface area contributed by atoms with Crippen LogP contribution in [0.1, 0.15) is 38.9 Å². The summed E-state index contributed by atoms with van der Waals surface area (Å²) in [6.07, 6.45) is 2.03. The van der Waals surface area contributed by atoms with E-state index in [1.54, 1.807) is 11.3 Å². The smallest absolute Gasteiger partial charge is 0.145 e. The van der Waals surface area contributed by atoms with Crippen molar-refractivity contribution in [2.24, 2.45) is 4.99 Å². The highest BCUT2D eigenvalue weighted by Gasteiger charge is 2.28. The van der Waals surface area contributed by atoms with E-state index >= 15 is 0 Å². The van der Waals surface area contributed by atoms with Gasteiger partial charge in [0.15, 0.2) is 0 Å². The summed E-state index contributed by atoms with van der Waals surface area (Å²) < 4.78 is 3.59. The molecule has 4 aromatic rings. The van der Waals surface area contributed by atoms with E-state index < -0.39 is 0 Å². The molecule has 1 unspecified atom stereocenters. The van der Waals surface area contributed by atoms with Crippen molar-refractivity contribution in [1.82, 2.24) is 14.5 Å². The Bertz CT molecular complexity index is 1180. The predicted octanol–water partition coefficient (Wildman–Crippen LogP) is 6.45. The molecule has 0 amide bonds. The third-order valence-electron chi connectivity index (χ3n) is 5.43. The van der Waals surface area contributed by atoms with Crippen LogP contribution in [0, 0.1) is 0 Å². The largest absolute Gasteiger partial charge is 0.319 e. The summed E-state index contributed by atoms with van der Waals surface area (Å²) in [5, 5.41) is 1.00. The van der Waals surface area contributed by atoms with E-state index in [1.165, 1.54) is 10.4 Å². The molecule has 5 heteroatoms. The molecule has 2 aromatic heterocycles. The maximum absolute atomic E-state index is 5.16. The van der Waals surface area contributed by atoms with Crippen molar-refractivity contribution in [1.29, 1.82) is 0 Å². The first-order valence-corrected chi connectivity index (χ1v) is 10.6. The fourth-order valence-corrected chi connectivity index (χ4v) is 4.90. The minimum absolute atomic E-state index is 0.166. The van der Waals surface area contributed by atoms with Gasteiger partial charge < -0.3 is 4.57 Å². The highest BCUT2D eigenvalue weighted by molar-refractivity contribution is 7.21. The molecule has 3 heterocycles. The van der Waals surface area contributed by atoms with E-state index in [9.17, 15) is 0 Å². The van der Waals surface area contributed by atoms with Crippen LogP contribution in [-0.4, -0.2) is 20.2 Å². The van der Waals surface area contributed by atoms with Crippen molar-refractivity contribution in [3.8, 4) is 22.1 Å². The number of aliphatic imine (C=N–C) groups is 1. The van der Waals surface area contributed by atoms with Crippen molar-refractivity contribution in [3.63, 3.8) is 0 Å². The normalized spacial score (nSPS) is 15.8. The lowest BCUT2D eigenvalue weighted by Crippen LogP contribution is -2.16. The molecule has 1 aliphatic rings. The standard InChI is InChI=1S/C23H22N4S/c1-4-9-19-21(23-25-18-12-7-8-13-20(18)28-23)26-22-16-10-5-6-11-17(16)24-14(2)15(3)27(19)22/h5-8,10-13,15H,4,9H2,1-3H3. The van der Waals surface area contributed by atoms with Crippen molar-refractivity contribution in [3.05, 3.63) is 54.2 Å². The monoisotopic (exact) mass is 386 g/mol. The second-order valence-electron chi connectivity index (χ2n) is 7.28. The summed E-state index contributed by atoms with van der Waals surface area (Å²) in [5.41, 5.74) is 6.52. The second kappa shape index (κ2) is 6.67. The summed E-state index contributed by atoms with van der Waals surface area (Å²) in [5.74, 6) is 1.00. The van der Waals surface area contributed by atoms with Gasteiger partial charge in [-0.1, -0.05) is 37.6 Å². The van der Waals surface area contributed by atoms with Gasteiger partial charge in [0.05, 0.1) is 21.9 Å². The Labute approximate surface area is 168 Å². The Morgan fingerprint density at radius 2 is 1.82 bits per heavy atom. The minimum atomic E-state index is 0.166. The van der Waals surface area contributed by atoms with Gasteiger partial charge in [-0.25, -0.2) is 9.97 Å². The molecule has 4 nitrogen and oxygen atoms in total. The van der Waals surface area contributed by atoms with Gasteiger partial charge in [0.2, 0.25) is 0 Å². The number of hydrogen-bond donors (Lipinski definition) is 0. The van der Waals surface area contributed by atoms with Crippen LogP contribution in [0.25, 0.3) is 32.3 Å². The molecule has 28 heavy (non-hydrogen) atoms. The van der Waals surface area contributed by atoms with Crippen LogP contribution in [-0.2, 0) is 6.42 Å². The molecule has 0 bridgehead atoms. The van der Waals surface area contributed by atoms with E-state index in [-0.39, 0.29) is 6.04 Å². The highest BCUT2D eigenvalue weighted by atomic mass is 32.1. The van der Waals surface area contributed by atoms with Gasteiger partial charge in [-0.2, -0.15) is 0 Å². The van der Waals surface area contributed by atoms with E-state index in [1.807, 2.05) is 12.1 Å². The molecule has 0 spiro atoms. The number of hydrogen-bond acceptors (Lipinski definition) is 4. The molecular formula is C23H22N4S. The first-order valence-electron chi connectivity index (χ1n) is 9.79. The molecule has 0 N–H and O–H groups in total. The van der Waals surface area contributed by atoms with Crippen molar-refractivity contribution in [2.75, 3.05) is 0 Å². The average molecular weight is 387 g/mol. The first kappa shape index (κ1) is 17.3. The van der Waals surface area contributed by atoms with Crippen LogP contribution >= 0.6 is 11.3 Å². The molecular weight excluding hydrogens is 364 g/mol. The van der Waals surface area contributed by atoms with Crippen LogP contribution in [0.5, 0.6) is 0 Å². The fraction of sp³-hybridized carbons (Fsp3) is 0.261. The molecule has 5 rings (SSSR count). The second-order valence-corrected chi connectivity index (χ2v) is 8.31. The fourth-order valence-electron chi connectivity index (χ4n) is 3.92. The number of thiazole rings is 1. The number of benzene rings is 2. The Balaban J connectivity index is 1.81. The van der Waals surface area contributed by atoms with Crippen molar-refractivity contribution < 1.29 is 0 Å². The summed E-state index contributed by atoms with van der Waals surface area (Å²) in [6.45, 7) is 6.55. The number of rotatable bonds is 3. The zero-order chi connectivity index (χ0) is 19.3. The van der Waals surface area contributed by atoms with Crippen LogP contribution in [0.2, 0.25) is 0 Å². The van der Waals surface area contributed by atoms with Crippen LogP contribution in [0.3, 0.4) is 0 Å². The molecule has 140 valence electrons. The summed E-state index contributed by atoms with van der Waals surface area (Å²) in [6, 6.07) is 16.8. The quantitative estimate of drug-likeness (QED) is 0.406. The van der Waals surface area contributed by atoms with Crippen molar-refractivity contribution >= 4 is 33.0 Å². The number of aromatic nitrogens is 3. The first-order chi connectivity index (χ1) is 13.7. The Kier molecular flexibility index (Phi) is 4.13. The van der Waals surface area contributed by atoms with Gasteiger partial charge in [0.1, 0.15) is 16.5 Å². The highest BCUT2D eigenvalue weighted by Crippen LogP contribution is 2.41. The van der Waals surface area contributed by atoms with E-state index in [2.05, 4.69) is 61.7 Å². The van der Waals surface area contributed by atoms with Gasteiger partial charge >= 0.3 is 0 Å². The minimum Gasteiger partial charge on any atom is -0.319 e.